The number of carbonyl (C=O) groups is 1. The van der Waals surface area contributed by atoms with Gasteiger partial charge in [-0.25, -0.2) is 13.2 Å². The van der Waals surface area contributed by atoms with Crippen LogP contribution in [0.1, 0.15) is 27.2 Å². The lowest BCUT2D eigenvalue weighted by Crippen LogP contribution is -2.43. The van der Waals surface area contributed by atoms with E-state index in [1.54, 1.807) is 20.8 Å². The van der Waals surface area contributed by atoms with Gasteiger partial charge in [0.2, 0.25) is 10.0 Å². The maximum Gasteiger partial charge on any atom is 0.410 e. The SMILES string of the molecule is C=CCN([C@@H]1CCN(C(=O)OC(C)(C)C)C1)S(=O)(=O)c1ccc([N+](=O)[O-])cc1. The second-order valence-electron chi connectivity index (χ2n) is 7.48. The highest BCUT2D eigenvalue weighted by Gasteiger charge is 2.38. The van der Waals surface area contributed by atoms with E-state index >= 15 is 0 Å². The number of hydrogen-bond donors (Lipinski definition) is 0. The Morgan fingerprint density at radius 1 is 1.39 bits per heavy atom. The Kier molecular flexibility index (Phi) is 6.45. The van der Waals surface area contributed by atoms with Gasteiger partial charge in [0, 0.05) is 37.8 Å². The third-order valence-electron chi connectivity index (χ3n) is 4.19. The van der Waals surface area contributed by atoms with E-state index in [1.165, 1.54) is 27.4 Å². The van der Waals surface area contributed by atoms with Crippen molar-refractivity contribution < 1.29 is 22.9 Å². The molecule has 28 heavy (non-hydrogen) atoms. The lowest BCUT2D eigenvalue weighted by molar-refractivity contribution is -0.384. The molecule has 1 amide bonds. The topological polar surface area (TPSA) is 110 Å². The molecule has 1 fully saturated rings. The standard InChI is InChI=1S/C18H25N3O6S/c1-5-11-20(15-10-12-19(13-15)17(22)27-18(2,3)4)28(25,26)16-8-6-14(7-9-16)21(23)24/h5-9,15H,1,10-13H2,2-4H3/t15-/m1/s1. The third-order valence-corrected chi connectivity index (χ3v) is 6.12. The number of hydrogen-bond acceptors (Lipinski definition) is 6. The molecule has 0 saturated carbocycles. The van der Waals surface area contributed by atoms with Crippen LogP contribution in [-0.4, -0.2) is 59.9 Å². The molecular weight excluding hydrogens is 386 g/mol. The molecule has 1 heterocycles. The molecule has 1 aromatic rings. The largest absolute Gasteiger partial charge is 0.444 e. The van der Waals surface area contributed by atoms with Gasteiger partial charge in [-0.2, -0.15) is 4.31 Å². The molecule has 0 bridgehead atoms. The summed E-state index contributed by atoms with van der Waals surface area (Å²) in [6.07, 6.45) is 1.44. The summed E-state index contributed by atoms with van der Waals surface area (Å²) in [5.74, 6) is 0. The summed E-state index contributed by atoms with van der Waals surface area (Å²) in [7, 11) is -3.91. The molecule has 1 aliphatic heterocycles. The van der Waals surface area contributed by atoms with Crippen molar-refractivity contribution in [3.05, 3.63) is 47.0 Å². The second kappa shape index (κ2) is 8.27. The van der Waals surface area contributed by atoms with E-state index in [0.29, 0.717) is 13.0 Å². The van der Waals surface area contributed by atoms with Crippen LogP contribution >= 0.6 is 0 Å². The Labute approximate surface area is 164 Å². The van der Waals surface area contributed by atoms with E-state index in [2.05, 4.69) is 6.58 Å². The van der Waals surface area contributed by atoms with Gasteiger partial charge in [0.15, 0.2) is 0 Å². The molecule has 2 rings (SSSR count). The number of benzene rings is 1. The predicted octanol–water partition coefficient (Wildman–Crippen LogP) is 2.78. The summed E-state index contributed by atoms with van der Waals surface area (Å²) in [5.41, 5.74) is -0.827. The summed E-state index contributed by atoms with van der Waals surface area (Å²) < 4.78 is 32.8. The number of ether oxygens (including phenoxy) is 1. The van der Waals surface area contributed by atoms with Crippen LogP contribution in [-0.2, 0) is 14.8 Å². The first-order valence-electron chi connectivity index (χ1n) is 8.81. The number of non-ortho nitro benzene ring substituents is 1. The molecular formula is C18H25N3O6S. The van der Waals surface area contributed by atoms with Gasteiger partial charge in [-0.1, -0.05) is 6.08 Å². The summed E-state index contributed by atoms with van der Waals surface area (Å²) in [5, 5.41) is 10.8. The first-order valence-corrected chi connectivity index (χ1v) is 10.2. The van der Waals surface area contributed by atoms with Crippen molar-refractivity contribution in [2.24, 2.45) is 0 Å². The Balaban J connectivity index is 2.21. The minimum Gasteiger partial charge on any atom is -0.444 e. The summed E-state index contributed by atoms with van der Waals surface area (Å²) in [6, 6.07) is 4.29. The fraction of sp³-hybridized carbons (Fsp3) is 0.500. The maximum absolute atomic E-state index is 13.1. The van der Waals surface area contributed by atoms with Gasteiger partial charge in [-0.3, -0.25) is 10.1 Å². The van der Waals surface area contributed by atoms with Gasteiger partial charge in [0.25, 0.3) is 5.69 Å². The summed E-state index contributed by atoms with van der Waals surface area (Å²) in [4.78, 5) is 23.9. The van der Waals surface area contributed by atoms with Crippen LogP contribution < -0.4 is 0 Å². The van der Waals surface area contributed by atoms with Gasteiger partial charge >= 0.3 is 6.09 Å². The van der Waals surface area contributed by atoms with Crippen LogP contribution in [0.3, 0.4) is 0 Å². The number of nitro groups is 1. The van der Waals surface area contributed by atoms with Gasteiger partial charge < -0.3 is 9.64 Å². The van der Waals surface area contributed by atoms with E-state index < -0.39 is 32.7 Å². The molecule has 0 aliphatic carbocycles. The molecule has 154 valence electrons. The molecule has 10 heteroatoms. The molecule has 9 nitrogen and oxygen atoms in total. The van der Waals surface area contributed by atoms with Crippen molar-refractivity contribution in [1.29, 1.82) is 0 Å². The first kappa shape index (κ1) is 21.8. The number of likely N-dealkylation sites (tertiary alicyclic amines) is 1. The molecule has 0 aromatic heterocycles. The minimum absolute atomic E-state index is 0.0457. The van der Waals surface area contributed by atoms with Crippen LogP contribution in [0.4, 0.5) is 10.5 Å². The van der Waals surface area contributed by atoms with Crippen LogP contribution in [0.25, 0.3) is 0 Å². The average molecular weight is 411 g/mol. The highest BCUT2D eigenvalue weighted by molar-refractivity contribution is 7.89. The number of rotatable bonds is 6. The van der Waals surface area contributed by atoms with Gasteiger partial charge in [-0.15, -0.1) is 6.58 Å². The van der Waals surface area contributed by atoms with E-state index in [9.17, 15) is 23.3 Å². The van der Waals surface area contributed by atoms with Gasteiger partial charge in [-0.05, 0) is 39.3 Å². The number of carbonyl (C=O) groups excluding carboxylic acids is 1. The van der Waals surface area contributed by atoms with Crippen molar-refractivity contribution in [2.45, 2.75) is 43.7 Å². The molecule has 0 N–H and O–H groups in total. The monoisotopic (exact) mass is 411 g/mol. The van der Waals surface area contributed by atoms with Crippen molar-refractivity contribution in [3.63, 3.8) is 0 Å². The highest BCUT2D eigenvalue weighted by atomic mass is 32.2. The van der Waals surface area contributed by atoms with Crippen LogP contribution in [0.5, 0.6) is 0 Å². The fourth-order valence-electron chi connectivity index (χ4n) is 2.92. The Hall–Kier alpha value is -2.46. The van der Waals surface area contributed by atoms with Crippen LogP contribution in [0, 0.1) is 10.1 Å². The van der Waals surface area contributed by atoms with E-state index in [1.807, 2.05) is 0 Å². The lowest BCUT2D eigenvalue weighted by atomic mass is 10.2. The normalized spacial score (nSPS) is 17.6. The minimum atomic E-state index is -3.91. The Morgan fingerprint density at radius 2 is 2.00 bits per heavy atom. The third kappa shape index (κ3) is 5.08. The highest BCUT2D eigenvalue weighted by Crippen LogP contribution is 2.26. The number of amides is 1. The maximum atomic E-state index is 13.1. The predicted molar refractivity (Wildman–Crippen MR) is 103 cm³/mol. The summed E-state index contributed by atoms with van der Waals surface area (Å²) >= 11 is 0. The molecule has 1 atom stereocenters. The number of nitro benzene ring substituents is 1. The van der Waals surface area contributed by atoms with Crippen molar-refractivity contribution in [2.75, 3.05) is 19.6 Å². The van der Waals surface area contributed by atoms with Crippen molar-refractivity contribution >= 4 is 21.8 Å². The average Bonchev–Trinajstić information content (AvgIpc) is 3.08. The molecule has 0 unspecified atom stereocenters. The van der Waals surface area contributed by atoms with Crippen molar-refractivity contribution in [3.8, 4) is 0 Å². The van der Waals surface area contributed by atoms with E-state index in [-0.39, 0.29) is 23.7 Å². The summed E-state index contributed by atoms with van der Waals surface area (Å²) in [6.45, 7) is 9.56. The van der Waals surface area contributed by atoms with Gasteiger partial charge in [0.1, 0.15) is 5.60 Å². The Morgan fingerprint density at radius 3 is 2.50 bits per heavy atom. The quantitative estimate of drug-likeness (QED) is 0.404. The van der Waals surface area contributed by atoms with Crippen LogP contribution in [0.2, 0.25) is 0 Å². The molecule has 1 aliphatic rings. The molecule has 0 spiro atoms. The van der Waals surface area contributed by atoms with E-state index in [4.69, 9.17) is 4.74 Å². The zero-order valence-electron chi connectivity index (χ0n) is 16.2. The number of sulfonamides is 1. The van der Waals surface area contributed by atoms with E-state index in [0.717, 1.165) is 12.1 Å². The zero-order chi connectivity index (χ0) is 21.1. The first-order chi connectivity index (χ1) is 13.0. The van der Waals surface area contributed by atoms with Gasteiger partial charge in [0.05, 0.1) is 9.82 Å². The smallest absolute Gasteiger partial charge is 0.410 e. The molecule has 1 aromatic carbocycles. The fourth-order valence-corrected chi connectivity index (χ4v) is 4.53. The van der Waals surface area contributed by atoms with Crippen molar-refractivity contribution in [1.82, 2.24) is 9.21 Å². The zero-order valence-corrected chi connectivity index (χ0v) is 17.0. The Bertz CT molecular complexity index is 845. The number of nitrogens with zero attached hydrogens (tertiary/aromatic N) is 3. The van der Waals surface area contributed by atoms with Crippen LogP contribution in [0.15, 0.2) is 41.8 Å². The molecule has 0 radical (unpaired) electrons. The molecule has 1 saturated heterocycles. The lowest BCUT2D eigenvalue weighted by Gasteiger charge is -2.28. The second-order valence-corrected chi connectivity index (χ2v) is 9.37.